The van der Waals surface area contributed by atoms with E-state index < -0.39 is 17.7 Å². The summed E-state index contributed by atoms with van der Waals surface area (Å²) in [4.78, 5) is 23.1. The number of carbonyl (C=O) groups is 2. The van der Waals surface area contributed by atoms with Crippen LogP contribution in [0.4, 0.5) is 13.2 Å². The minimum absolute atomic E-state index is 0.0555. The Morgan fingerprint density at radius 1 is 1.05 bits per heavy atom. The Bertz CT molecular complexity index is 1430. The number of aliphatic hydroxyl groups is 1. The smallest absolute Gasteiger partial charge is 0.430 e. The number of halogens is 3. The summed E-state index contributed by atoms with van der Waals surface area (Å²) in [6.07, 6.45) is -2.07. The Morgan fingerprint density at radius 2 is 1.75 bits per heavy atom. The van der Waals surface area contributed by atoms with Crippen molar-refractivity contribution < 1.29 is 51.7 Å². The highest BCUT2D eigenvalue weighted by Gasteiger charge is 2.49. The van der Waals surface area contributed by atoms with Crippen LogP contribution in [0.15, 0.2) is 66.0 Å². The van der Waals surface area contributed by atoms with Crippen molar-refractivity contribution in [2.45, 2.75) is 37.1 Å². The Labute approximate surface area is 256 Å². The van der Waals surface area contributed by atoms with Gasteiger partial charge in [-0.3, -0.25) is 4.79 Å². The van der Waals surface area contributed by atoms with Crippen LogP contribution in [0.2, 0.25) is 0 Å². The third kappa shape index (κ3) is 6.95. The minimum atomic E-state index is -5.19. The molecule has 44 heavy (non-hydrogen) atoms. The molecule has 9 nitrogen and oxygen atoms in total. The van der Waals surface area contributed by atoms with Crippen LogP contribution in [-0.4, -0.2) is 73.3 Å². The Balaban J connectivity index is 0.000000493. The fourth-order valence-corrected chi connectivity index (χ4v) is 6.99. The number of alkyl halides is 3. The molecular formula is C31H33F3N2O7S. The summed E-state index contributed by atoms with van der Waals surface area (Å²) in [6, 6.07) is 18.7. The molecule has 5 heterocycles. The van der Waals surface area contributed by atoms with E-state index in [4.69, 9.17) is 24.1 Å². The number of nitrogens with one attached hydrogen (secondary N) is 1. The molecule has 0 saturated carbocycles. The van der Waals surface area contributed by atoms with E-state index in [1.54, 1.807) is 0 Å². The molecule has 0 spiro atoms. The van der Waals surface area contributed by atoms with Gasteiger partial charge in [-0.25, -0.2) is 0 Å². The third-order valence-corrected chi connectivity index (χ3v) is 9.42. The largest absolute Gasteiger partial charge is 0.542 e. The standard InChI is InChI=1S/C29H32N2O5S.C2HF3O2/c32-28(29(33,27-8-4-17-37-27)22-6-2-1-3-7-22)30-24-19-31(14-11-21(24)12-15-31)13-5-16-34-23-9-10-25-26(18-23)36-20-35-25;3-2(4,5)1(6)7/h1-4,6-10,17-18,21,24,33H,5,11-16,19-20H2;(H,6,7)/t21?,24-,29?,31?;/m0./s1. The fourth-order valence-electron chi connectivity index (χ4n) is 6.14. The zero-order chi connectivity index (χ0) is 31.4. The van der Waals surface area contributed by atoms with Crippen LogP contribution in [0, 0.1) is 5.92 Å². The number of hydrogen-bond acceptors (Lipinski definition) is 8. The number of piperidine rings is 3. The van der Waals surface area contributed by atoms with E-state index in [2.05, 4.69) is 5.32 Å². The monoisotopic (exact) mass is 634 g/mol. The van der Waals surface area contributed by atoms with Crippen molar-refractivity contribution in [3.8, 4) is 17.2 Å². The van der Waals surface area contributed by atoms with Crippen molar-refractivity contribution in [1.82, 2.24) is 5.32 Å². The number of ether oxygens (including phenoxy) is 3. The maximum absolute atomic E-state index is 13.7. The van der Waals surface area contributed by atoms with Gasteiger partial charge in [0.15, 0.2) is 11.5 Å². The van der Waals surface area contributed by atoms with E-state index in [0.29, 0.717) is 23.0 Å². The van der Waals surface area contributed by atoms with Gasteiger partial charge in [0.25, 0.3) is 5.91 Å². The first-order valence-electron chi connectivity index (χ1n) is 14.3. The van der Waals surface area contributed by atoms with Crippen molar-refractivity contribution in [2.75, 3.05) is 39.6 Å². The quantitative estimate of drug-likeness (QED) is 0.274. The second-order valence-electron chi connectivity index (χ2n) is 11.2. The SMILES string of the molecule is O=C(N[C@H]1C[N+]2(CCCOc3ccc4c(c3)OCO4)CCC1CC2)C(O)(c1ccccc1)c1cccs1.O=C([O-])C(F)(F)F. The van der Waals surface area contributed by atoms with Gasteiger partial charge in [0, 0.05) is 25.3 Å². The van der Waals surface area contributed by atoms with Crippen LogP contribution in [0.1, 0.15) is 29.7 Å². The fraction of sp³-hybridized carbons (Fsp3) is 0.419. The zero-order valence-electron chi connectivity index (χ0n) is 23.8. The topological polar surface area (TPSA) is 117 Å². The summed E-state index contributed by atoms with van der Waals surface area (Å²) in [7, 11) is 0. The summed E-state index contributed by atoms with van der Waals surface area (Å²) in [5.74, 6) is -0.600. The number of thiophene rings is 1. The van der Waals surface area contributed by atoms with Crippen molar-refractivity contribution in [3.63, 3.8) is 0 Å². The highest BCUT2D eigenvalue weighted by Crippen LogP contribution is 2.38. The van der Waals surface area contributed by atoms with Crippen LogP contribution < -0.4 is 24.6 Å². The number of rotatable bonds is 9. The molecule has 3 aromatic rings. The number of amides is 1. The zero-order valence-corrected chi connectivity index (χ0v) is 24.6. The molecule has 13 heteroatoms. The Hall–Kier alpha value is -3.81. The van der Waals surface area contributed by atoms with E-state index in [0.717, 1.165) is 67.2 Å². The van der Waals surface area contributed by atoms with Crippen molar-refractivity contribution in [1.29, 1.82) is 0 Å². The van der Waals surface area contributed by atoms with Gasteiger partial charge in [-0.15, -0.1) is 11.3 Å². The highest BCUT2D eigenvalue weighted by atomic mass is 32.1. The van der Waals surface area contributed by atoms with Crippen LogP contribution in [0.25, 0.3) is 0 Å². The van der Waals surface area contributed by atoms with Crippen molar-refractivity contribution >= 4 is 23.2 Å². The number of aliphatic carboxylic acids is 1. The molecule has 1 amide bonds. The van der Waals surface area contributed by atoms with E-state index in [9.17, 15) is 23.1 Å². The number of quaternary nitrogens is 1. The van der Waals surface area contributed by atoms with Gasteiger partial charge in [0.05, 0.1) is 43.7 Å². The predicted octanol–water partition coefficient (Wildman–Crippen LogP) is 3.21. The summed E-state index contributed by atoms with van der Waals surface area (Å²) >= 11 is 1.40. The summed E-state index contributed by atoms with van der Waals surface area (Å²) in [5, 5.41) is 25.7. The number of nitrogens with zero attached hydrogens (tertiary/aromatic N) is 1. The molecule has 2 aromatic carbocycles. The van der Waals surface area contributed by atoms with E-state index >= 15 is 0 Å². The normalized spacial score (nSPS) is 23.2. The van der Waals surface area contributed by atoms with E-state index in [-0.39, 0.29) is 18.7 Å². The van der Waals surface area contributed by atoms with Gasteiger partial charge < -0.3 is 39.0 Å². The minimum Gasteiger partial charge on any atom is -0.542 e. The van der Waals surface area contributed by atoms with Gasteiger partial charge >= 0.3 is 6.18 Å². The maximum Gasteiger partial charge on any atom is 0.430 e. The lowest BCUT2D eigenvalue weighted by Crippen LogP contribution is -2.68. The Morgan fingerprint density at radius 3 is 2.41 bits per heavy atom. The molecule has 4 aliphatic rings. The molecule has 4 aliphatic heterocycles. The number of hydrogen-bond donors (Lipinski definition) is 2. The van der Waals surface area contributed by atoms with Gasteiger partial charge in [-0.05, 0) is 35.1 Å². The molecule has 236 valence electrons. The maximum atomic E-state index is 13.7. The Kier molecular flexibility index (Phi) is 9.37. The van der Waals surface area contributed by atoms with Crippen molar-refractivity contribution in [3.05, 3.63) is 76.5 Å². The molecule has 2 atom stereocenters. The number of fused-ring (bicyclic) bond motifs is 4. The first-order chi connectivity index (χ1) is 21.0. The second kappa shape index (κ2) is 13.0. The molecule has 3 fully saturated rings. The summed E-state index contributed by atoms with van der Waals surface area (Å²) in [5.41, 5.74) is -1.09. The van der Waals surface area contributed by atoms with Gasteiger partial charge in [-0.2, -0.15) is 13.2 Å². The lowest BCUT2D eigenvalue weighted by Gasteiger charge is -2.53. The van der Waals surface area contributed by atoms with E-state index in [1.807, 2.05) is 66.0 Å². The van der Waals surface area contributed by atoms with Crippen LogP contribution in [-0.2, 0) is 15.2 Å². The molecule has 2 bridgehead atoms. The molecule has 0 aliphatic carbocycles. The highest BCUT2D eigenvalue weighted by molar-refractivity contribution is 7.10. The number of carboxylic acid groups (broad SMARTS) is 1. The van der Waals surface area contributed by atoms with Gasteiger partial charge in [-0.1, -0.05) is 36.4 Å². The molecular weight excluding hydrogens is 601 g/mol. The van der Waals surface area contributed by atoms with E-state index in [1.165, 1.54) is 11.3 Å². The molecule has 1 aromatic heterocycles. The first-order valence-corrected chi connectivity index (χ1v) is 15.2. The molecule has 1 unspecified atom stereocenters. The molecule has 3 saturated heterocycles. The number of benzene rings is 2. The number of carboxylic acids is 1. The molecule has 7 rings (SSSR count). The lowest BCUT2D eigenvalue weighted by atomic mass is 9.80. The average molecular weight is 635 g/mol. The first kappa shape index (κ1) is 31.6. The van der Waals surface area contributed by atoms with Crippen LogP contribution in [0.3, 0.4) is 0 Å². The number of carbonyl (C=O) groups excluding carboxylic acids is 2. The molecule has 2 N–H and O–H groups in total. The third-order valence-electron chi connectivity index (χ3n) is 8.44. The van der Waals surface area contributed by atoms with Crippen LogP contribution >= 0.6 is 11.3 Å². The van der Waals surface area contributed by atoms with Gasteiger partial charge in [0.1, 0.15) is 11.7 Å². The summed E-state index contributed by atoms with van der Waals surface area (Å²) < 4.78 is 49.4. The van der Waals surface area contributed by atoms with Gasteiger partial charge in [0.2, 0.25) is 12.4 Å². The molecule has 0 radical (unpaired) electrons. The predicted molar refractivity (Wildman–Crippen MR) is 152 cm³/mol. The van der Waals surface area contributed by atoms with Crippen LogP contribution in [0.5, 0.6) is 17.2 Å². The van der Waals surface area contributed by atoms with Crippen molar-refractivity contribution in [2.24, 2.45) is 5.92 Å². The lowest BCUT2D eigenvalue weighted by molar-refractivity contribution is -0.944. The second-order valence-corrected chi connectivity index (χ2v) is 12.1. The average Bonchev–Trinajstić information content (AvgIpc) is 3.73. The summed E-state index contributed by atoms with van der Waals surface area (Å²) in [6.45, 7) is 5.07.